The van der Waals surface area contributed by atoms with Gasteiger partial charge in [-0.05, 0) is 12.1 Å². The van der Waals surface area contributed by atoms with E-state index in [4.69, 9.17) is 4.42 Å². The lowest BCUT2D eigenvalue weighted by Gasteiger charge is -2.34. The zero-order valence-electron chi connectivity index (χ0n) is 11.9. The molecule has 3 amide bonds. The molecule has 1 aromatic rings. The number of hydrogen-bond acceptors (Lipinski definition) is 5. The number of hydrogen-bond donors (Lipinski definition) is 1. The highest BCUT2D eigenvalue weighted by Gasteiger charge is 2.29. The van der Waals surface area contributed by atoms with E-state index in [9.17, 15) is 14.4 Å². The molecule has 3 heterocycles. The van der Waals surface area contributed by atoms with E-state index in [1.807, 2.05) is 0 Å². The second kappa shape index (κ2) is 6.00. The Morgan fingerprint density at radius 1 is 1.09 bits per heavy atom. The van der Waals surface area contributed by atoms with Gasteiger partial charge in [-0.15, -0.1) is 0 Å². The molecule has 0 aliphatic carbocycles. The van der Waals surface area contributed by atoms with Crippen molar-refractivity contribution >= 4 is 23.4 Å². The molecular formula is C14H16N4O4. The van der Waals surface area contributed by atoms with Crippen molar-refractivity contribution in [1.29, 1.82) is 0 Å². The van der Waals surface area contributed by atoms with Crippen molar-refractivity contribution in [1.82, 2.24) is 15.2 Å². The molecule has 0 saturated carbocycles. The van der Waals surface area contributed by atoms with Gasteiger partial charge in [-0.1, -0.05) is 0 Å². The van der Waals surface area contributed by atoms with Gasteiger partial charge in [-0.2, -0.15) is 5.10 Å². The lowest BCUT2D eigenvalue weighted by Crippen LogP contribution is -2.52. The minimum absolute atomic E-state index is 0.167. The minimum atomic E-state index is -0.176. The molecule has 0 aromatic carbocycles. The second-order valence-electron chi connectivity index (χ2n) is 5.16. The predicted octanol–water partition coefficient (Wildman–Crippen LogP) is -0.170. The Morgan fingerprint density at radius 2 is 1.77 bits per heavy atom. The van der Waals surface area contributed by atoms with Crippen LogP contribution in [0.5, 0.6) is 0 Å². The number of nitrogens with one attached hydrogen (secondary N) is 1. The lowest BCUT2D eigenvalue weighted by atomic mass is 10.1. The van der Waals surface area contributed by atoms with Crippen molar-refractivity contribution in [3.05, 3.63) is 24.2 Å². The van der Waals surface area contributed by atoms with Gasteiger partial charge in [0.05, 0.1) is 6.26 Å². The van der Waals surface area contributed by atoms with Crippen LogP contribution in [0.3, 0.4) is 0 Å². The zero-order valence-corrected chi connectivity index (χ0v) is 11.9. The molecule has 116 valence electrons. The SMILES string of the molecule is O=C1CCC(C(=O)N2CCN(C(=O)c3ccco3)CC2)=NN1. The highest BCUT2D eigenvalue weighted by atomic mass is 16.3. The van der Waals surface area contributed by atoms with Crippen molar-refractivity contribution in [2.75, 3.05) is 26.2 Å². The third-order valence-electron chi connectivity index (χ3n) is 3.74. The van der Waals surface area contributed by atoms with Gasteiger partial charge in [0, 0.05) is 39.0 Å². The van der Waals surface area contributed by atoms with Crippen LogP contribution >= 0.6 is 0 Å². The lowest BCUT2D eigenvalue weighted by molar-refractivity contribution is -0.126. The molecule has 0 atom stereocenters. The third-order valence-corrected chi connectivity index (χ3v) is 3.74. The van der Waals surface area contributed by atoms with Gasteiger partial charge in [0.15, 0.2) is 5.76 Å². The van der Waals surface area contributed by atoms with Gasteiger partial charge in [0.2, 0.25) is 5.91 Å². The highest BCUT2D eigenvalue weighted by Crippen LogP contribution is 2.11. The summed E-state index contributed by atoms with van der Waals surface area (Å²) in [6.07, 6.45) is 2.10. The normalized spacial score (nSPS) is 18.7. The Balaban J connectivity index is 1.56. The van der Waals surface area contributed by atoms with Gasteiger partial charge in [-0.25, -0.2) is 5.43 Å². The fourth-order valence-corrected chi connectivity index (χ4v) is 2.48. The average molecular weight is 304 g/mol. The van der Waals surface area contributed by atoms with E-state index < -0.39 is 0 Å². The minimum Gasteiger partial charge on any atom is -0.459 e. The molecular weight excluding hydrogens is 288 g/mol. The summed E-state index contributed by atoms with van der Waals surface area (Å²) < 4.78 is 5.10. The number of hydrazone groups is 1. The Hall–Kier alpha value is -2.64. The van der Waals surface area contributed by atoms with E-state index in [2.05, 4.69) is 10.5 Å². The van der Waals surface area contributed by atoms with Crippen LogP contribution < -0.4 is 5.43 Å². The first kappa shape index (κ1) is 14.3. The first-order valence-corrected chi connectivity index (χ1v) is 7.12. The maximum Gasteiger partial charge on any atom is 0.289 e. The van der Waals surface area contributed by atoms with Gasteiger partial charge in [0.25, 0.3) is 11.8 Å². The molecule has 3 rings (SSSR count). The van der Waals surface area contributed by atoms with Crippen LogP contribution in [-0.2, 0) is 9.59 Å². The van der Waals surface area contributed by atoms with Crippen LogP contribution in [0.4, 0.5) is 0 Å². The molecule has 1 aromatic heterocycles. The molecule has 0 unspecified atom stereocenters. The van der Waals surface area contributed by atoms with Gasteiger partial charge >= 0.3 is 0 Å². The molecule has 8 nitrogen and oxygen atoms in total. The van der Waals surface area contributed by atoms with Crippen molar-refractivity contribution in [3.63, 3.8) is 0 Å². The van der Waals surface area contributed by atoms with E-state index in [1.54, 1.807) is 21.9 Å². The largest absolute Gasteiger partial charge is 0.459 e. The summed E-state index contributed by atoms with van der Waals surface area (Å²) in [6, 6.07) is 3.29. The summed E-state index contributed by atoms with van der Waals surface area (Å²) in [6.45, 7) is 1.78. The first-order valence-electron chi connectivity index (χ1n) is 7.12. The molecule has 0 spiro atoms. The smallest absolute Gasteiger partial charge is 0.289 e. The average Bonchev–Trinajstić information content (AvgIpc) is 3.09. The molecule has 1 N–H and O–H groups in total. The van der Waals surface area contributed by atoms with E-state index in [0.717, 1.165) is 0 Å². The molecule has 22 heavy (non-hydrogen) atoms. The molecule has 0 bridgehead atoms. The number of piperazine rings is 1. The van der Waals surface area contributed by atoms with Crippen LogP contribution in [0.25, 0.3) is 0 Å². The summed E-state index contributed by atoms with van der Waals surface area (Å²) in [5, 5.41) is 3.81. The molecule has 0 radical (unpaired) electrons. The molecule has 1 saturated heterocycles. The summed E-state index contributed by atoms with van der Waals surface area (Å²) in [5.74, 6) is -0.214. The van der Waals surface area contributed by atoms with E-state index in [1.165, 1.54) is 6.26 Å². The van der Waals surface area contributed by atoms with Crippen molar-refractivity contribution in [3.8, 4) is 0 Å². The number of furan rings is 1. The Kier molecular flexibility index (Phi) is 3.90. The number of carbonyl (C=O) groups excluding carboxylic acids is 3. The van der Waals surface area contributed by atoms with Crippen LogP contribution in [-0.4, -0.2) is 59.4 Å². The van der Waals surface area contributed by atoms with Crippen LogP contribution in [0, 0.1) is 0 Å². The first-order chi connectivity index (χ1) is 10.6. The predicted molar refractivity (Wildman–Crippen MR) is 76.0 cm³/mol. The second-order valence-corrected chi connectivity index (χ2v) is 5.16. The Bertz CT molecular complexity index is 615. The van der Waals surface area contributed by atoms with Crippen LogP contribution in [0.1, 0.15) is 23.4 Å². The standard InChI is InChI=1S/C14H16N4O4/c19-12-4-3-10(15-16-12)13(20)17-5-7-18(8-6-17)14(21)11-2-1-9-22-11/h1-2,9H,3-8H2,(H,16,19). The van der Waals surface area contributed by atoms with Gasteiger partial charge in [0.1, 0.15) is 5.71 Å². The van der Waals surface area contributed by atoms with Crippen molar-refractivity contribution in [2.24, 2.45) is 5.10 Å². The van der Waals surface area contributed by atoms with E-state index in [0.29, 0.717) is 44.1 Å². The van der Waals surface area contributed by atoms with Crippen molar-refractivity contribution < 1.29 is 18.8 Å². The van der Waals surface area contributed by atoms with E-state index in [-0.39, 0.29) is 24.1 Å². The fourth-order valence-electron chi connectivity index (χ4n) is 2.48. The highest BCUT2D eigenvalue weighted by molar-refractivity contribution is 6.39. The molecule has 1 fully saturated rings. The van der Waals surface area contributed by atoms with Crippen LogP contribution in [0.15, 0.2) is 27.9 Å². The van der Waals surface area contributed by atoms with E-state index >= 15 is 0 Å². The molecule has 2 aliphatic rings. The third kappa shape index (κ3) is 2.85. The number of amides is 3. The Morgan fingerprint density at radius 3 is 2.32 bits per heavy atom. The topological polar surface area (TPSA) is 95.2 Å². The number of nitrogens with zero attached hydrogens (tertiary/aromatic N) is 3. The molecule has 2 aliphatic heterocycles. The quantitative estimate of drug-likeness (QED) is 0.820. The summed E-state index contributed by atoms with van der Waals surface area (Å²) in [7, 11) is 0. The summed E-state index contributed by atoms with van der Waals surface area (Å²) in [5.41, 5.74) is 2.69. The summed E-state index contributed by atoms with van der Waals surface area (Å²) >= 11 is 0. The maximum absolute atomic E-state index is 12.3. The maximum atomic E-state index is 12.3. The summed E-state index contributed by atoms with van der Waals surface area (Å²) in [4.78, 5) is 38.8. The van der Waals surface area contributed by atoms with Crippen molar-refractivity contribution in [2.45, 2.75) is 12.8 Å². The number of carbonyl (C=O) groups is 3. The number of rotatable bonds is 2. The van der Waals surface area contributed by atoms with Gasteiger partial charge < -0.3 is 14.2 Å². The van der Waals surface area contributed by atoms with Gasteiger partial charge in [-0.3, -0.25) is 14.4 Å². The fraction of sp³-hybridized carbons (Fsp3) is 0.429. The molecule has 8 heteroatoms. The Labute approximate surface area is 126 Å². The van der Waals surface area contributed by atoms with Crippen LogP contribution in [0.2, 0.25) is 0 Å². The monoisotopic (exact) mass is 304 g/mol. The zero-order chi connectivity index (χ0) is 15.5.